The number of aliphatic hydroxyl groups is 1. The Morgan fingerprint density at radius 3 is 2.56 bits per heavy atom. The average Bonchev–Trinajstić information content (AvgIpc) is 2.66. The van der Waals surface area contributed by atoms with Crippen LogP contribution in [-0.2, 0) is 17.7 Å². The lowest BCUT2D eigenvalue weighted by Crippen LogP contribution is -2.63. The lowest BCUT2D eigenvalue weighted by molar-refractivity contribution is -0.207. The summed E-state index contributed by atoms with van der Waals surface area (Å²) in [6, 6.07) is 8.21. The maximum atomic E-state index is 12.5. The number of piperidine rings is 1. The second-order valence-corrected chi connectivity index (χ2v) is 7.20. The summed E-state index contributed by atoms with van der Waals surface area (Å²) in [4.78, 5) is 14.4. The van der Waals surface area contributed by atoms with E-state index in [4.69, 9.17) is 4.74 Å². The SMILES string of the molecule is CCO[C@H]1C[C@@H](O)C12CCN(C(=O)NCc1ccccc1CC)CC2. The fraction of sp³-hybridized carbons (Fsp3) is 0.650. The highest BCUT2D eigenvalue weighted by atomic mass is 16.5. The standard InChI is InChI=1S/C20H30N2O3/c1-3-15-7-5-6-8-16(15)14-21-19(24)22-11-9-20(10-12-22)17(23)13-18(20)25-4-2/h5-8,17-18,23H,3-4,9-14H2,1-2H3,(H,21,24)/t17-,18+/m1/s1. The van der Waals surface area contributed by atoms with Crippen LogP contribution in [0.4, 0.5) is 4.79 Å². The van der Waals surface area contributed by atoms with E-state index in [0.29, 0.717) is 26.2 Å². The largest absolute Gasteiger partial charge is 0.392 e. The molecule has 5 nitrogen and oxygen atoms in total. The van der Waals surface area contributed by atoms with E-state index in [2.05, 4.69) is 24.4 Å². The molecule has 0 radical (unpaired) electrons. The number of aliphatic hydroxyl groups excluding tert-OH is 1. The van der Waals surface area contributed by atoms with Gasteiger partial charge in [-0.05, 0) is 37.3 Å². The first-order chi connectivity index (χ1) is 12.1. The van der Waals surface area contributed by atoms with Gasteiger partial charge in [0.2, 0.25) is 0 Å². The zero-order valence-electron chi connectivity index (χ0n) is 15.3. The number of benzene rings is 1. The third kappa shape index (κ3) is 3.53. The third-order valence-corrected chi connectivity index (χ3v) is 6.02. The Morgan fingerprint density at radius 1 is 1.28 bits per heavy atom. The smallest absolute Gasteiger partial charge is 0.317 e. The minimum atomic E-state index is -0.286. The highest BCUT2D eigenvalue weighted by Crippen LogP contribution is 2.50. The fourth-order valence-corrected chi connectivity index (χ4v) is 4.30. The van der Waals surface area contributed by atoms with E-state index in [1.807, 2.05) is 24.0 Å². The molecule has 25 heavy (non-hydrogen) atoms. The molecule has 5 heteroatoms. The van der Waals surface area contributed by atoms with Crippen molar-refractivity contribution in [2.75, 3.05) is 19.7 Å². The molecule has 1 saturated heterocycles. The van der Waals surface area contributed by atoms with Crippen molar-refractivity contribution in [1.82, 2.24) is 10.2 Å². The minimum Gasteiger partial charge on any atom is -0.392 e. The summed E-state index contributed by atoms with van der Waals surface area (Å²) >= 11 is 0. The number of carbonyl (C=O) groups excluding carboxylic acids is 1. The van der Waals surface area contributed by atoms with Crippen LogP contribution in [0.1, 0.15) is 44.2 Å². The number of rotatable bonds is 5. The van der Waals surface area contributed by atoms with Crippen LogP contribution in [-0.4, -0.2) is 47.9 Å². The average molecular weight is 346 g/mol. The molecule has 1 spiro atoms. The van der Waals surface area contributed by atoms with Gasteiger partial charge in [-0.1, -0.05) is 31.2 Å². The Bertz CT molecular complexity index is 594. The molecule has 1 saturated carbocycles. The normalized spacial score (nSPS) is 24.8. The van der Waals surface area contributed by atoms with Crippen LogP contribution in [0, 0.1) is 5.41 Å². The molecule has 0 aromatic heterocycles. The number of hydrogen-bond acceptors (Lipinski definition) is 3. The highest BCUT2D eigenvalue weighted by molar-refractivity contribution is 5.74. The van der Waals surface area contributed by atoms with Gasteiger partial charge in [-0.2, -0.15) is 0 Å². The van der Waals surface area contributed by atoms with Gasteiger partial charge < -0.3 is 20.1 Å². The Balaban J connectivity index is 1.52. The summed E-state index contributed by atoms with van der Waals surface area (Å²) in [5.74, 6) is 0. The number of aryl methyl sites for hydroxylation is 1. The molecule has 1 aliphatic carbocycles. The van der Waals surface area contributed by atoms with E-state index < -0.39 is 0 Å². The Kier molecular flexibility index (Phi) is 5.64. The summed E-state index contributed by atoms with van der Waals surface area (Å²) in [6.07, 6.45) is 3.19. The van der Waals surface area contributed by atoms with Crippen molar-refractivity contribution < 1.29 is 14.6 Å². The Morgan fingerprint density at radius 2 is 1.96 bits per heavy atom. The molecule has 0 unspecified atom stereocenters. The lowest BCUT2D eigenvalue weighted by atomic mass is 9.58. The monoisotopic (exact) mass is 346 g/mol. The summed E-state index contributed by atoms with van der Waals surface area (Å²) in [5, 5.41) is 13.3. The van der Waals surface area contributed by atoms with Crippen molar-refractivity contribution in [3.05, 3.63) is 35.4 Å². The van der Waals surface area contributed by atoms with E-state index >= 15 is 0 Å². The molecule has 3 rings (SSSR count). The van der Waals surface area contributed by atoms with E-state index in [1.54, 1.807) is 0 Å². The first-order valence-electron chi connectivity index (χ1n) is 9.50. The molecular weight excluding hydrogens is 316 g/mol. The second kappa shape index (κ2) is 7.75. The molecule has 2 atom stereocenters. The quantitative estimate of drug-likeness (QED) is 0.862. The van der Waals surface area contributed by atoms with Crippen LogP contribution in [0.3, 0.4) is 0 Å². The third-order valence-electron chi connectivity index (χ3n) is 6.02. The van der Waals surface area contributed by atoms with Crippen molar-refractivity contribution in [2.45, 2.75) is 58.3 Å². The molecule has 1 aromatic rings. The predicted octanol–water partition coefficient (Wildman–Crippen LogP) is 2.71. The van der Waals surface area contributed by atoms with Crippen LogP contribution in [0.25, 0.3) is 0 Å². The second-order valence-electron chi connectivity index (χ2n) is 7.20. The Hall–Kier alpha value is -1.59. The fourth-order valence-electron chi connectivity index (χ4n) is 4.30. The van der Waals surface area contributed by atoms with Gasteiger partial charge in [-0.3, -0.25) is 0 Å². The van der Waals surface area contributed by atoms with Crippen LogP contribution in [0.15, 0.2) is 24.3 Å². The predicted molar refractivity (Wildman–Crippen MR) is 97.3 cm³/mol. The summed E-state index contributed by atoms with van der Waals surface area (Å²) in [6.45, 7) is 6.73. The summed E-state index contributed by atoms with van der Waals surface area (Å²) < 4.78 is 5.79. The topological polar surface area (TPSA) is 61.8 Å². The molecule has 2 fully saturated rings. The van der Waals surface area contributed by atoms with Crippen molar-refractivity contribution in [1.29, 1.82) is 0 Å². The number of hydrogen-bond donors (Lipinski definition) is 2. The maximum absolute atomic E-state index is 12.5. The zero-order chi connectivity index (χ0) is 17.9. The highest BCUT2D eigenvalue weighted by Gasteiger charge is 2.56. The van der Waals surface area contributed by atoms with Gasteiger partial charge in [-0.15, -0.1) is 0 Å². The van der Waals surface area contributed by atoms with Crippen molar-refractivity contribution in [3.8, 4) is 0 Å². The van der Waals surface area contributed by atoms with E-state index in [1.165, 1.54) is 11.1 Å². The maximum Gasteiger partial charge on any atom is 0.317 e. The molecule has 2 amide bonds. The van der Waals surface area contributed by atoms with Crippen LogP contribution in [0.2, 0.25) is 0 Å². The number of carbonyl (C=O) groups is 1. The number of amides is 2. The summed E-state index contributed by atoms with van der Waals surface area (Å²) in [7, 11) is 0. The first-order valence-corrected chi connectivity index (χ1v) is 9.50. The van der Waals surface area contributed by atoms with Gasteiger partial charge in [-0.25, -0.2) is 4.79 Å². The lowest BCUT2D eigenvalue weighted by Gasteiger charge is -2.56. The number of nitrogens with one attached hydrogen (secondary N) is 1. The van der Waals surface area contributed by atoms with E-state index in [-0.39, 0.29) is 23.7 Å². The molecule has 2 N–H and O–H groups in total. The van der Waals surface area contributed by atoms with E-state index in [9.17, 15) is 9.90 Å². The summed E-state index contributed by atoms with van der Waals surface area (Å²) in [5.41, 5.74) is 2.32. The van der Waals surface area contributed by atoms with Gasteiger partial charge in [0.15, 0.2) is 0 Å². The molecule has 1 aromatic carbocycles. The van der Waals surface area contributed by atoms with Crippen molar-refractivity contribution >= 4 is 6.03 Å². The van der Waals surface area contributed by atoms with Crippen LogP contribution >= 0.6 is 0 Å². The number of ether oxygens (including phenoxy) is 1. The molecule has 2 aliphatic rings. The molecule has 1 heterocycles. The zero-order valence-corrected chi connectivity index (χ0v) is 15.3. The number of likely N-dealkylation sites (tertiary alicyclic amines) is 1. The van der Waals surface area contributed by atoms with Gasteiger partial charge in [0, 0.05) is 38.1 Å². The van der Waals surface area contributed by atoms with E-state index in [0.717, 1.165) is 25.7 Å². The molecule has 138 valence electrons. The molecule has 0 bridgehead atoms. The number of nitrogens with zero attached hydrogens (tertiary/aromatic N) is 1. The van der Waals surface area contributed by atoms with Crippen molar-refractivity contribution in [2.24, 2.45) is 5.41 Å². The Labute approximate surface area is 150 Å². The van der Waals surface area contributed by atoms with Gasteiger partial charge in [0.1, 0.15) is 0 Å². The number of urea groups is 1. The van der Waals surface area contributed by atoms with Crippen LogP contribution < -0.4 is 5.32 Å². The van der Waals surface area contributed by atoms with Crippen LogP contribution in [0.5, 0.6) is 0 Å². The minimum absolute atomic E-state index is 0.0115. The van der Waals surface area contributed by atoms with Crippen molar-refractivity contribution in [3.63, 3.8) is 0 Å². The van der Waals surface area contributed by atoms with Gasteiger partial charge in [0.25, 0.3) is 0 Å². The van der Waals surface area contributed by atoms with Gasteiger partial charge in [0.05, 0.1) is 12.2 Å². The first kappa shape index (κ1) is 18.2. The molecular formula is C20H30N2O3. The van der Waals surface area contributed by atoms with Gasteiger partial charge >= 0.3 is 6.03 Å². The molecule has 1 aliphatic heterocycles.